The number of aromatic nitrogens is 2. The average molecular weight is 681 g/mol. The lowest BCUT2D eigenvalue weighted by atomic mass is 9.83. The minimum atomic E-state index is -2.33. The molecule has 0 radical (unpaired) electrons. The number of allylic oxidation sites excluding steroid dienone is 1. The Morgan fingerprint density at radius 1 is 1.17 bits per heavy atom. The zero-order valence-electron chi connectivity index (χ0n) is 30.0. The van der Waals surface area contributed by atoms with Crippen molar-refractivity contribution in [1.82, 2.24) is 30.8 Å². The Bertz CT molecular complexity index is 1540. The highest BCUT2D eigenvalue weighted by Crippen LogP contribution is 2.65. The number of piperidine rings is 1. The van der Waals surface area contributed by atoms with Crippen molar-refractivity contribution in [1.29, 1.82) is 0 Å². The van der Waals surface area contributed by atoms with E-state index in [1.54, 1.807) is 31.9 Å². The lowest BCUT2D eigenvalue weighted by molar-refractivity contribution is -0.154. The molecule has 2 N–H and O–H groups in total. The molecule has 3 aliphatic rings. The number of nitrogens with one attached hydrogen (secondary N) is 2. The minimum absolute atomic E-state index is 0.0319. The SMILES string of the molecule is CC=C=C(NCC(O[Si](C)(C)C(C)(C)C)c1nnc([C@@H]2CC3(CC3C)[C@H]3CN2C(=O)N3OCc2ccccc2)o1)NC(=O)OC(C)(C)C. The molecule has 1 spiro atoms. The Morgan fingerprint density at radius 2 is 1.85 bits per heavy atom. The van der Waals surface area contributed by atoms with E-state index in [0.717, 1.165) is 18.4 Å². The summed E-state index contributed by atoms with van der Waals surface area (Å²) in [4.78, 5) is 34.4. The monoisotopic (exact) mass is 680 g/mol. The highest BCUT2D eigenvalue weighted by atomic mass is 28.4. The van der Waals surface area contributed by atoms with Gasteiger partial charge in [-0.3, -0.25) is 10.2 Å². The molecule has 13 heteroatoms. The van der Waals surface area contributed by atoms with E-state index in [2.05, 4.69) is 67.4 Å². The van der Waals surface area contributed by atoms with Crippen LogP contribution in [0, 0.1) is 11.3 Å². The molecule has 5 rings (SSSR count). The van der Waals surface area contributed by atoms with Crippen LogP contribution < -0.4 is 10.6 Å². The van der Waals surface area contributed by atoms with Crippen LogP contribution in [-0.2, 0) is 20.6 Å². The molecule has 5 atom stereocenters. The Labute approximate surface area is 285 Å². The number of fused-ring (bicyclic) bond motifs is 3. The molecule has 2 saturated heterocycles. The molecule has 1 aromatic carbocycles. The van der Waals surface area contributed by atoms with Crippen LogP contribution >= 0.6 is 0 Å². The molecule has 1 aromatic heterocycles. The molecule has 3 unspecified atom stereocenters. The number of hydrogen-bond acceptors (Lipinski definition) is 9. The smallest absolute Gasteiger partial charge is 0.413 e. The van der Waals surface area contributed by atoms with Crippen LogP contribution in [0.15, 0.2) is 52.4 Å². The number of alkyl carbamates (subject to hydrolysis) is 1. The number of amides is 3. The van der Waals surface area contributed by atoms with Gasteiger partial charge in [-0.2, -0.15) is 5.06 Å². The molecule has 2 aliphatic heterocycles. The first-order chi connectivity index (χ1) is 22.4. The second-order valence-electron chi connectivity index (χ2n) is 15.8. The summed E-state index contributed by atoms with van der Waals surface area (Å²) in [6.45, 7) is 21.3. The van der Waals surface area contributed by atoms with Crippen LogP contribution in [0.3, 0.4) is 0 Å². The number of hydroxylamine groups is 2. The number of rotatable bonds is 11. The zero-order valence-corrected chi connectivity index (χ0v) is 31.0. The summed E-state index contributed by atoms with van der Waals surface area (Å²) in [5.41, 5.74) is 3.30. The third-order valence-corrected chi connectivity index (χ3v) is 14.5. The van der Waals surface area contributed by atoms with Gasteiger partial charge in [0.15, 0.2) is 14.1 Å². The third kappa shape index (κ3) is 7.64. The number of urea groups is 1. The first-order valence-corrected chi connectivity index (χ1v) is 19.8. The predicted molar refractivity (Wildman–Crippen MR) is 182 cm³/mol. The van der Waals surface area contributed by atoms with Gasteiger partial charge in [0.05, 0.1) is 12.6 Å². The van der Waals surface area contributed by atoms with Gasteiger partial charge < -0.3 is 23.8 Å². The standard InChI is InChI=1S/C35H52N6O6Si/c1-11-15-28(37-31(42)46-33(3,4)5)36-20-26(47-48(9,10)34(6,7)8)30-39-38-29(45-30)25-19-35(18-23(35)2)27-21-40(25)32(43)41(27)44-22-24-16-13-12-14-17-24/h11-14,16-17,23,25-27,36H,18-22H2,1-10H3,(H,37,42)/t15?,23?,25-,26?,27+,35?/m0/s1. The largest absolute Gasteiger partial charge is 0.444 e. The first-order valence-electron chi connectivity index (χ1n) is 16.9. The van der Waals surface area contributed by atoms with Gasteiger partial charge in [0, 0.05) is 12.0 Å². The molecule has 3 fully saturated rings. The summed E-state index contributed by atoms with van der Waals surface area (Å²) in [5, 5.41) is 16.5. The van der Waals surface area contributed by atoms with E-state index in [4.69, 9.17) is 18.4 Å². The highest BCUT2D eigenvalue weighted by Gasteiger charge is 2.68. The van der Waals surface area contributed by atoms with Gasteiger partial charge in [-0.15, -0.1) is 10.2 Å². The van der Waals surface area contributed by atoms with E-state index < -0.39 is 26.1 Å². The maximum absolute atomic E-state index is 13.8. The van der Waals surface area contributed by atoms with Crippen molar-refractivity contribution >= 4 is 20.4 Å². The summed E-state index contributed by atoms with van der Waals surface area (Å²) in [7, 11) is -2.33. The fourth-order valence-electron chi connectivity index (χ4n) is 6.32. The summed E-state index contributed by atoms with van der Waals surface area (Å²) in [6.07, 6.45) is 2.19. The fourth-order valence-corrected chi connectivity index (χ4v) is 7.57. The average Bonchev–Trinajstić information content (AvgIpc) is 3.29. The van der Waals surface area contributed by atoms with Crippen molar-refractivity contribution in [3.05, 3.63) is 65.3 Å². The molecule has 2 aromatic rings. The van der Waals surface area contributed by atoms with Crippen LogP contribution in [0.2, 0.25) is 18.1 Å². The number of carbonyl (C=O) groups excluding carboxylic acids is 2. The number of benzene rings is 1. The van der Waals surface area contributed by atoms with Crippen LogP contribution in [0.1, 0.15) is 97.7 Å². The van der Waals surface area contributed by atoms with E-state index >= 15 is 0 Å². The van der Waals surface area contributed by atoms with E-state index in [1.807, 2.05) is 42.2 Å². The number of nitrogens with zero attached hydrogens (tertiary/aromatic N) is 4. The molecule has 2 bridgehead atoms. The van der Waals surface area contributed by atoms with Gasteiger partial charge in [-0.1, -0.05) is 63.8 Å². The molecular weight excluding hydrogens is 629 g/mol. The Hall–Kier alpha value is -3.64. The number of hydrogen-bond donors (Lipinski definition) is 2. The second kappa shape index (κ2) is 13.3. The van der Waals surface area contributed by atoms with Crippen molar-refractivity contribution in [3.63, 3.8) is 0 Å². The fraction of sp³-hybridized carbons (Fsp3) is 0.629. The molecule has 262 valence electrons. The molecule has 1 aliphatic carbocycles. The molecule has 48 heavy (non-hydrogen) atoms. The van der Waals surface area contributed by atoms with Gasteiger partial charge in [0.25, 0.3) is 0 Å². The lowest BCUT2D eigenvalue weighted by Gasteiger charge is -2.38. The van der Waals surface area contributed by atoms with Crippen molar-refractivity contribution in [2.45, 2.75) is 117 Å². The quantitative estimate of drug-likeness (QED) is 0.191. The summed E-state index contributed by atoms with van der Waals surface area (Å²) >= 11 is 0. The summed E-state index contributed by atoms with van der Waals surface area (Å²) in [5.74, 6) is 1.47. The summed E-state index contributed by atoms with van der Waals surface area (Å²) < 4.78 is 18.7. The Kier molecular flexibility index (Phi) is 9.91. The molecule has 1 saturated carbocycles. The van der Waals surface area contributed by atoms with Gasteiger partial charge in [-0.25, -0.2) is 9.59 Å². The van der Waals surface area contributed by atoms with Gasteiger partial charge in [-0.05, 0) is 76.2 Å². The van der Waals surface area contributed by atoms with E-state index in [1.165, 1.54) is 0 Å². The van der Waals surface area contributed by atoms with E-state index in [-0.39, 0.29) is 35.1 Å². The molecule has 12 nitrogen and oxygen atoms in total. The van der Waals surface area contributed by atoms with Crippen molar-refractivity contribution in [2.75, 3.05) is 13.1 Å². The predicted octanol–water partition coefficient (Wildman–Crippen LogP) is 6.97. The Morgan fingerprint density at radius 3 is 2.46 bits per heavy atom. The van der Waals surface area contributed by atoms with Crippen molar-refractivity contribution in [2.24, 2.45) is 11.3 Å². The molecule has 3 heterocycles. The zero-order chi connectivity index (χ0) is 35.1. The first kappa shape index (κ1) is 35.7. The van der Waals surface area contributed by atoms with Crippen LogP contribution in [0.4, 0.5) is 9.59 Å². The van der Waals surface area contributed by atoms with E-state index in [0.29, 0.717) is 36.7 Å². The van der Waals surface area contributed by atoms with Gasteiger partial charge >= 0.3 is 12.1 Å². The van der Waals surface area contributed by atoms with Gasteiger partial charge in [0.1, 0.15) is 24.4 Å². The molecular formula is C35H52N6O6Si. The normalized spacial score (nSPS) is 24.3. The Balaban J connectivity index is 1.37. The maximum Gasteiger partial charge on any atom is 0.413 e. The van der Waals surface area contributed by atoms with E-state index in [9.17, 15) is 9.59 Å². The number of carbonyl (C=O) groups is 2. The second-order valence-corrected chi connectivity index (χ2v) is 20.5. The van der Waals surface area contributed by atoms with Crippen LogP contribution in [0.25, 0.3) is 0 Å². The minimum Gasteiger partial charge on any atom is -0.444 e. The molecule has 3 amide bonds. The van der Waals surface area contributed by atoms with Gasteiger partial charge in [0.2, 0.25) is 11.8 Å². The third-order valence-electron chi connectivity index (χ3n) is 10.1. The number of ether oxygens (including phenoxy) is 1. The van der Waals surface area contributed by atoms with Crippen LogP contribution in [0.5, 0.6) is 0 Å². The summed E-state index contributed by atoms with van der Waals surface area (Å²) in [6, 6.07) is 9.29. The topological polar surface area (TPSA) is 131 Å². The maximum atomic E-state index is 13.8. The highest BCUT2D eigenvalue weighted by molar-refractivity contribution is 6.74. The van der Waals surface area contributed by atoms with Crippen LogP contribution in [-0.4, -0.2) is 65.3 Å². The lowest BCUT2D eigenvalue weighted by Crippen LogP contribution is -2.44. The van der Waals surface area contributed by atoms with Crippen molar-refractivity contribution < 1.29 is 28.0 Å². The van der Waals surface area contributed by atoms with Crippen molar-refractivity contribution in [3.8, 4) is 0 Å².